The molecule has 0 bridgehead atoms. The summed E-state index contributed by atoms with van der Waals surface area (Å²) in [6, 6.07) is 0. The standard InChI is InChI=1S/C8H15BO2/c1-4-5-6-9-10-7(2)8(3)11-9/h4-5,7-8H,6H2,1-3H3/b5-4+/t7-,8-/m1/s1. The van der Waals surface area contributed by atoms with E-state index in [-0.39, 0.29) is 19.3 Å². The zero-order valence-electron chi connectivity index (χ0n) is 7.41. The first-order chi connectivity index (χ1) is 5.24. The highest BCUT2D eigenvalue weighted by Gasteiger charge is 2.32. The first-order valence-corrected chi connectivity index (χ1v) is 4.16. The van der Waals surface area contributed by atoms with Gasteiger partial charge in [-0.05, 0) is 20.8 Å². The molecule has 0 aliphatic carbocycles. The van der Waals surface area contributed by atoms with E-state index >= 15 is 0 Å². The molecule has 0 radical (unpaired) electrons. The van der Waals surface area contributed by atoms with Crippen LogP contribution in [0.1, 0.15) is 20.8 Å². The third-order valence-electron chi connectivity index (χ3n) is 1.96. The molecule has 2 nitrogen and oxygen atoms in total. The summed E-state index contributed by atoms with van der Waals surface area (Å²) in [4.78, 5) is 0. The van der Waals surface area contributed by atoms with Gasteiger partial charge in [0.1, 0.15) is 0 Å². The predicted octanol–water partition coefficient (Wildman–Crippen LogP) is 1.87. The van der Waals surface area contributed by atoms with Gasteiger partial charge in [0.2, 0.25) is 0 Å². The van der Waals surface area contributed by atoms with E-state index in [0.717, 1.165) is 6.32 Å². The largest absolute Gasteiger partial charge is 0.461 e. The molecular weight excluding hydrogens is 139 g/mol. The van der Waals surface area contributed by atoms with E-state index in [1.807, 2.05) is 26.8 Å². The predicted molar refractivity (Wildman–Crippen MR) is 46.5 cm³/mol. The molecule has 0 aromatic heterocycles. The zero-order valence-corrected chi connectivity index (χ0v) is 7.41. The van der Waals surface area contributed by atoms with E-state index < -0.39 is 0 Å². The summed E-state index contributed by atoms with van der Waals surface area (Å²) < 4.78 is 11.0. The third-order valence-corrected chi connectivity index (χ3v) is 1.96. The minimum absolute atomic E-state index is 0.0174. The Morgan fingerprint density at radius 2 is 1.82 bits per heavy atom. The second kappa shape index (κ2) is 3.93. The van der Waals surface area contributed by atoms with Crippen LogP contribution in [0.4, 0.5) is 0 Å². The number of allylic oxidation sites excluding steroid dienone is 2. The van der Waals surface area contributed by atoms with E-state index in [2.05, 4.69) is 6.08 Å². The van der Waals surface area contributed by atoms with Crippen molar-refractivity contribution in [3.05, 3.63) is 12.2 Å². The van der Waals surface area contributed by atoms with Crippen LogP contribution in [0.2, 0.25) is 6.32 Å². The SMILES string of the molecule is C/C=C/CB1O[C@H](C)[C@@H](C)O1. The first-order valence-electron chi connectivity index (χ1n) is 4.16. The highest BCUT2D eigenvalue weighted by molar-refractivity contribution is 6.45. The molecule has 1 rings (SSSR count). The summed E-state index contributed by atoms with van der Waals surface area (Å²) >= 11 is 0. The molecule has 0 N–H and O–H groups in total. The van der Waals surface area contributed by atoms with Crippen LogP contribution in [0.3, 0.4) is 0 Å². The molecule has 0 aromatic rings. The van der Waals surface area contributed by atoms with Crippen molar-refractivity contribution in [3.63, 3.8) is 0 Å². The molecule has 0 saturated carbocycles. The fourth-order valence-electron chi connectivity index (χ4n) is 1.09. The molecule has 2 atom stereocenters. The highest BCUT2D eigenvalue weighted by atomic mass is 16.6. The summed E-state index contributed by atoms with van der Waals surface area (Å²) in [7, 11) is -0.0174. The Bertz CT molecular complexity index is 137. The molecule has 1 aliphatic rings. The van der Waals surface area contributed by atoms with E-state index in [0.29, 0.717) is 0 Å². The summed E-state index contributed by atoms with van der Waals surface area (Å²) in [5.41, 5.74) is 0. The molecule has 1 aliphatic heterocycles. The van der Waals surface area contributed by atoms with Gasteiger partial charge in [0.15, 0.2) is 0 Å². The molecule has 0 spiro atoms. The van der Waals surface area contributed by atoms with Gasteiger partial charge in [-0.25, -0.2) is 0 Å². The molecule has 0 amide bonds. The number of rotatable bonds is 2. The Hall–Kier alpha value is -0.275. The van der Waals surface area contributed by atoms with Gasteiger partial charge < -0.3 is 9.31 Å². The van der Waals surface area contributed by atoms with Gasteiger partial charge >= 0.3 is 7.12 Å². The second-order valence-corrected chi connectivity index (χ2v) is 2.92. The van der Waals surface area contributed by atoms with Crippen molar-refractivity contribution in [1.82, 2.24) is 0 Å². The van der Waals surface area contributed by atoms with Gasteiger partial charge in [0.25, 0.3) is 0 Å². The Morgan fingerprint density at radius 3 is 2.27 bits per heavy atom. The molecule has 0 aromatic carbocycles. The van der Waals surface area contributed by atoms with Crippen molar-refractivity contribution in [2.45, 2.75) is 39.3 Å². The highest BCUT2D eigenvalue weighted by Crippen LogP contribution is 2.17. The maximum atomic E-state index is 5.50. The smallest absolute Gasteiger partial charge is 0.406 e. The van der Waals surface area contributed by atoms with Crippen molar-refractivity contribution in [2.75, 3.05) is 0 Å². The second-order valence-electron chi connectivity index (χ2n) is 2.92. The van der Waals surface area contributed by atoms with Crippen molar-refractivity contribution >= 4 is 7.12 Å². The van der Waals surface area contributed by atoms with Crippen LogP contribution in [0.15, 0.2) is 12.2 Å². The van der Waals surface area contributed by atoms with Gasteiger partial charge in [-0.15, -0.1) is 0 Å². The van der Waals surface area contributed by atoms with E-state index in [1.54, 1.807) is 0 Å². The van der Waals surface area contributed by atoms with E-state index in [1.165, 1.54) is 0 Å². The quantitative estimate of drug-likeness (QED) is 0.446. The Morgan fingerprint density at radius 1 is 1.27 bits per heavy atom. The van der Waals surface area contributed by atoms with Crippen LogP contribution in [-0.4, -0.2) is 19.3 Å². The summed E-state index contributed by atoms with van der Waals surface area (Å²) in [6.45, 7) is 6.09. The molecule has 62 valence electrons. The minimum Gasteiger partial charge on any atom is -0.406 e. The lowest BCUT2D eigenvalue weighted by molar-refractivity contribution is 0.187. The molecule has 11 heavy (non-hydrogen) atoms. The Kier molecular flexibility index (Phi) is 3.15. The average Bonchev–Trinajstić information content (AvgIpc) is 2.28. The summed E-state index contributed by atoms with van der Waals surface area (Å²) in [6.07, 6.45) is 5.43. The van der Waals surface area contributed by atoms with Gasteiger partial charge in [0.05, 0.1) is 12.2 Å². The van der Waals surface area contributed by atoms with Crippen molar-refractivity contribution in [3.8, 4) is 0 Å². The monoisotopic (exact) mass is 154 g/mol. The minimum atomic E-state index is -0.0174. The molecule has 1 fully saturated rings. The van der Waals surface area contributed by atoms with Gasteiger partial charge in [0, 0.05) is 6.32 Å². The molecule has 1 heterocycles. The van der Waals surface area contributed by atoms with Gasteiger partial charge in [-0.3, -0.25) is 0 Å². The van der Waals surface area contributed by atoms with Crippen LogP contribution in [0, 0.1) is 0 Å². The Labute approximate surface area is 68.7 Å². The van der Waals surface area contributed by atoms with E-state index in [9.17, 15) is 0 Å². The molecular formula is C8H15BO2. The van der Waals surface area contributed by atoms with E-state index in [4.69, 9.17) is 9.31 Å². The molecule has 1 saturated heterocycles. The van der Waals surface area contributed by atoms with Crippen molar-refractivity contribution < 1.29 is 9.31 Å². The molecule has 0 unspecified atom stereocenters. The summed E-state index contributed by atoms with van der Waals surface area (Å²) in [5.74, 6) is 0. The first kappa shape index (κ1) is 8.82. The van der Waals surface area contributed by atoms with Crippen LogP contribution in [0.25, 0.3) is 0 Å². The molecule has 3 heteroatoms. The fraction of sp³-hybridized carbons (Fsp3) is 0.750. The lowest BCUT2D eigenvalue weighted by atomic mass is 9.85. The normalized spacial score (nSPS) is 32.1. The lowest BCUT2D eigenvalue weighted by Crippen LogP contribution is -2.13. The van der Waals surface area contributed by atoms with Gasteiger partial charge in [-0.1, -0.05) is 12.2 Å². The lowest BCUT2D eigenvalue weighted by Gasteiger charge is -2.04. The van der Waals surface area contributed by atoms with Crippen molar-refractivity contribution in [1.29, 1.82) is 0 Å². The maximum Gasteiger partial charge on any atom is 0.461 e. The van der Waals surface area contributed by atoms with Gasteiger partial charge in [-0.2, -0.15) is 0 Å². The van der Waals surface area contributed by atoms with Crippen LogP contribution in [-0.2, 0) is 9.31 Å². The Balaban J connectivity index is 2.29. The zero-order chi connectivity index (χ0) is 8.27. The van der Waals surface area contributed by atoms with Crippen LogP contribution < -0.4 is 0 Å². The topological polar surface area (TPSA) is 18.5 Å². The number of hydrogen-bond acceptors (Lipinski definition) is 2. The van der Waals surface area contributed by atoms with Crippen LogP contribution in [0.5, 0.6) is 0 Å². The third kappa shape index (κ3) is 2.35. The van der Waals surface area contributed by atoms with Crippen LogP contribution >= 0.6 is 0 Å². The maximum absolute atomic E-state index is 5.50. The summed E-state index contributed by atoms with van der Waals surface area (Å²) in [5, 5.41) is 0. The number of hydrogen-bond donors (Lipinski definition) is 0. The fourth-order valence-corrected chi connectivity index (χ4v) is 1.09. The average molecular weight is 154 g/mol. The van der Waals surface area contributed by atoms with Crippen molar-refractivity contribution in [2.24, 2.45) is 0 Å².